The number of rotatable bonds is 4. The minimum Gasteiger partial charge on any atom is -0.485 e. The first-order valence-corrected chi connectivity index (χ1v) is 10.6. The van der Waals surface area contributed by atoms with Crippen LogP contribution in [0.15, 0.2) is 30.5 Å². The number of hydrogen-bond donors (Lipinski definition) is 1. The molecule has 1 fully saturated rings. The molecule has 1 aliphatic rings. The number of aliphatic hydroxyl groups excluding tert-OH is 1. The normalized spacial score (nSPS) is 18.9. The third-order valence-electron chi connectivity index (χ3n) is 5.35. The Kier molecular flexibility index (Phi) is 4.75. The van der Waals surface area contributed by atoms with Crippen molar-refractivity contribution in [2.24, 2.45) is 0 Å². The quantitative estimate of drug-likeness (QED) is 0.513. The molecule has 2 atom stereocenters. The number of methoxy groups -OCH3 is 1. The van der Waals surface area contributed by atoms with Crippen molar-refractivity contribution in [2.75, 3.05) is 7.11 Å². The first kappa shape index (κ1) is 19.1. The molecule has 8 heteroatoms. The van der Waals surface area contributed by atoms with Crippen LogP contribution in [0.2, 0.25) is 0 Å². The molecule has 2 aromatic carbocycles. The Hall–Kier alpha value is -2.84. The summed E-state index contributed by atoms with van der Waals surface area (Å²) in [7, 11) is 1.55. The van der Waals surface area contributed by atoms with Gasteiger partial charge in [0.05, 0.1) is 40.7 Å². The van der Waals surface area contributed by atoms with E-state index in [4.69, 9.17) is 9.47 Å². The Bertz CT molecular complexity index is 1260. The number of aliphatic hydroxyl groups is 1. The minimum absolute atomic E-state index is 0.155. The van der Waals surface area contributed by atoms with Gasteiger partial charge in [-0.05, 0) is 43.9 Å². The summed E-state index contributed by atoms with van der Waals surface area (Å²) in [6, 6.07) is 7.01. The lowest BCUT2D eigenvalue weighted by atomic mass is 10.1. The van der Waals surface area contributed by atoms with Crippen LogP contribution in [0.1, 0.15) is 24.8 Å². The molecule has 0 bridgehead atoms. The van der Waals surface area contributed by atoms with E-state index in [1.165, 1.54) is 17.4 Å². The Morgan fingerprint density at radius 3 is 2.77 bits per heavy atom. The Labute approximate surface area is 176 Å². The number of fused-ring (bicyclic) bond motifs is 2. The van der Waals surface area contributed by atoms with Gasteiger partial charge in [-0.25, -0.2) is 19.3 Å². The Morgan fingerprint density at radius 1 is 1.13 bits per heavy atom. The minimum atomic E-state index is -0.550. The fraction of sp³-hybridized carbons (Fsp3) is 0.318. The molecule has 0 amide bonds. The van der Waals surface area contributed by atoms with Crippen LogP contribution in [0.4, 0.5) is 4.39 Å². The van der Waals surface area contributed by atoms with E-state index in [1.54, 1.807) is 19.4 Å². The SMILES string of the molecule is COc1cnc2c(-c3nc4cc(F)c(OC5CCC[C@@H]5O)cc4s3)cc(C)cc2n1. The van der Waals surface area contributed by atoms with Crippen molar-refractivity contribution in [3.8, 4) is 22.2 Å². The van der Waals surface area contributed by atoms with Gasteiger partial charge >= 0.3 is 0 Å². The van der Waals surface area contributed by atoms with E-state index in [9.17, 15) is 9.50 Å². The van der Waals surface area contributed by atoms with Gasteiger partial charge in [-0.15, -0.1) is 11.3 Å². The van der Waals surface area contributed by atoms with Gasteiger partial charge < -0.3 is 14.6 Å². The molecule has 154 valence electrons. The molecule has 0 saturated heterocycles. The summed E-state index contributed by atoms with van der Waals surface area (Å²) in [6.07, 6.45) is 2.96. The van der Waals surface area contributed by atoms with E-state index in [-0.39, 0.29) is 11.9 Å². The average Bonchev–Trinajstić information content (AvgIpc) is 3.32. The smallest absolute Gasteiger partial charge is 0.232 e. The van der Waals surface area contributed by atoms with Crippen molar-refractivity contribution in [1.82, 2.24) is 15.0 Å². The average molecular weight is 425 g/mol. The summed E-state index contributed by atoms with van der Waals surface area (Å²) in [5.41, 5.74) is 3.85. The van der Waals surface area contributed by atoms with Gasteiger partial charge in [0.25, 0.3) is 0 Å². The number of aryl methyl sites for hydroxylation is 1. The second kappa shape index (κ2) is 7.45. The van der Waals surface area contributed by atoms with Crippen LogP contribution in [-0.2, 0) is 0 Å². The van der Waals surface area contributed by atoms with Gasteiger partial charge in [0, 0.05) is 17.7 Å². The molecular formula is C22H20FN3O3S. The molecule has 2 aromatic heterocycles. The Balaban J connectivity index is 1.58. The molecular weight excluding hydrogens is 405 g/mol. The Morgan fingerprint density at radius 2 is 2.00 bits per heavy atom. The number of thiazole rings is 1. The van der Waals surface area contributed by atoms with Crippen molar-refractivity contribution >= 4 is 32.6 Å². The lowest BCUT2D eigenvalue weighted by molar-refractivity contribution is 0.0580. The highest BCUT2D eigenvalue weighted by Crippen LogP contribution is 2.37. The predicted octanol–water partition coefficient (Wildman–Crippen LogP) is 4.65. The second-order valence-electron chi connectivity index (χ2n) is 7.52. The largest absolute Gasteiger partial charge is 0.485 e. The van der Waals surface area contributed by atoms with E-state index in [1.807, 2.05) is 19.1 Å². The topological polar surface area (TPSA) is 77.4 Å². The van der Waals surface area contributed by atoms with Gasteiger partial charge in [0.15, 0.2) is 11.6 Å². The molecule has 1 N–H and O–H groups in total. The van der Waals surface area contributed by atoms with E-state index < -0.39 is 11.9 Å². The maximum Gasteiger partial charge on any atom is 0.232 e. The fourth-order valence-corrected chi connectivity index (χ4v) is 4.84. The van der Waals surface area contributed by atoms with Gasteiger partial charge in [0.2, 0.25) is 5.88 Å². The maximum atomic E-state index is 14.6. The maximum absolute atomic E-state index is 14.6. The molecule has 1 aliphatic carbocycles. The van der Waals surface area contributed by atoms with Gasteiger partial charge in [-0.2, -0.15) is 0 Å². The zero-order chi connectivity index (χ0) is 20.8. The summed E-state index contributed by atoms with van der Waals surface area (Å²) in [5, 5.41) is 10.7. The molecule has 30 heavy (non-hydrogen) atoms. The van der Waals surface area contributed by atoms with E-state index in [2.05, 4.69) is 15.0 Å². The van der Waals surface area contributed by atoms with Crippen molar-refractivity contribution < 1.29 is 19.0 Å². The number of ether oxygens (including phenoxy) is 2. The molecule has 1 unspecified atom stereocenters. The van der Waals surface area contributed by atoms with Crippen LogP contribution in [0.5, 0.6) is 11.6 Å². The number of benzene rings is 2. The van der Waals surface area contributed by atoms with E-state index >= 15 is 0 Å². The molecule has 0 aliphatic heterocycles. The van der Waals surface area contributed by atoms with Crippen LogP contribution < -0.4 is 9.47 Å². The second-order valence-corrected chi connectivity index (χ2v) is 8.55. The zero-order valence-electron chi connectivity index (χ0n) is 16.6. The zero-order valence-corrected chi connectivity index (χ0v) is 17.4. The highest BCUT2D eigenvalue weighted by molar-refractivity contribution is 7.21. The molecule has 0 radical (unpaired) electrons. The first-order chi connectivity index (χ1) is 14.5. The molecule has 2 heterocycles. The summed E-state index contributed by atoms with van der Waals surface area (Å²) in [6.45, 7) is 1.98. The van der Waals surface area contributed by atoms with E-state index in [0.29, 0.717) is 28.9 Å². The van der Waals surface area contributed by atoms with Crippen LogP contribution in [0, 0.1) is 12.7 Å². The predicted molar refractivity (Wildman–Crippen MR) is 114 cm³/mol. The highest BCUT2D eigenvalue weighted by atomic mass is 32.1. The first-order valence-electron chi connectivity index (χ1n) is 9.78. The lowest BCUT2D eigenvalue weighted by Gasteiger charge is -2.17. The summed E-state index contributed by atoms with van der Waals surface area (Å²) < 4.78 is 26.4. The van der Waals surface area contributed by atoms with Crippen LogP contribution in [-0.4, -0.2) is 39.4 Å². The number of nitrogens with zero attached hydrogens (tertiary/aromatic N) is 3. The van der Waals surface area contributed by atoms with Gasteiger partial charge in [0.1, 0.15) is 11.1 Å². The molecule has 1 saturated carbocycles. The van der Waals surface area contributed by atoms with Crippen LogP contribution in [0.3, 0.4) is 0 Å². The summed E-state index contributed by atoms with van der Waals surface area (Å²) in [4.78, 5) is 13.6. The number of halogens is 1. The highest BCUT2D eigenvalue weighted by Gasteiger charge is 2.28. The van der Waals surface area contributed by atoms with E-state index in [0.717, 1.165) is 33.7 Å². The lowest BCUT2D eigenvalue weighted by Crippen LogP contribution is -2.25. The summed E-state index contributed by atoms with van der Waals surface area (Å²) in [5.74, 6) is 0.126. The molecule has 6 nitrogen and oxygen atoms in total. The van der Waals surface area contributed by atoms with Crippen LogP contribution >= 0.6 is 11.3 Å². The third-order valence-corrected chi connectivity index (χ3v) is 6.40. The molecule has 4 aromatic rings. The van der Waals surface area contributed by atoms with Crippen molar-refractivity contribution in [1.29, 1.82) is 0 Å². The van der Waals surface area contributed by atoms with Crippen molar-refractivity contribution in [2.45, 2.75) is 38.4 Å². The molecule has 5 rings (SSSR count). The van der Waals surface area contributed by atoms with Crippen molar-refractivity contribution in [3.63, 3.8) is 0 Å². The van der Waals surface area contributed by atoms with Crippen LogP contribution in [0.25, 0.3) is 31.8 Å². The van der Waals surface area contributed by atoms with Gasteiger partial charge in [-0.1, -0.05) is 0 Å². The number of aromatic nitrogens is 3. The molecule has 0 spiro atoms. The monoisotopic (exact) mass is 425 g/mol. The van der Waals surface area contributed by atoms with Crippen molar-refractivity contribution in [3.05, 3.63) is 41.8 Å². The van der Waals surface area contributed by atoms with Gasteiger partial charge in [-0.3, -0.25) is 0 Å². The number of hydrogen-bond acceptors (Lipinski definition) is 7. The standard InChI is InChI=1S/C22H20FN3O3S/c1-11-6-12(21-15(7-11)25-20(28-2)10-24-21)22-26-14-8-13(23)18(9-19(14)30-22)29-17-5-3-4-16(17)27/h6-10,16-17,27H,3-5H2,1-2H3/t16-,17?/m0/s1. The third kappa shape index (κ3) is 3.36. The fourth-order valence-electron chi connectivity index (χ4n) is 3.85. The summed E-state index contributed by atoms with van der Waals surface area (Å²) >= 11 is 1.45.